The Hall–Kier alpha value is -3.00. The van der Waals surface area contributed by atoms with Gasteiger partial charge in [-0.25, -0.2) is 0 Å². The van der Waals surface area contributed by atoms with Crippen molar-refractivity contribution >= 4 is 46.0 Å². The normalized spacial score (nSPS) is 11.5. The number of rotatable bonds is 1. The number of fused-ring (bicyclic) bond motifs is 4. The van der Waals surface area contributed by atoms with Crippen molar-refractivity contribution in [3.05, 3.63) is 78.9 Å². The first-order chi connectivity index (χ1) is 11.8. The summed E-state index contributed by atoms with van der Waals surface area (Å²) in [7, 11) is 2.11. The van der Waals surface area contributed by atoms with E-state index in [-0.39, 0.29) is 0 Å². The summed E-state index contributed by atoms with van der Waals surface area (Å²) in [6, 6.07) is 27.8. The van der Waals surface area contributed by atoms with Gasteiger partial charge < -0.3 is 4.42 Å². The molecule has 24 heavy (non-hydrogen) atoms. The van der Waals surface area contributed by atoms with E-state index < -0.39 is 0 Å². The Morgan fingerprint density at radius 2 is 1.42 bits per heavy atom. The van der Waals surface area contributed by atoms with Gasteiger partial charge in [0.2, 0.25) is 0 Å². The highest BCUT2D eigenvalue weighted by atomic mass is 16.3. The molecule has 0 saturated carbocycles. The van der Waals surface area contributed by atoms with Crippen molar-refractivity contribution in [1.82, 2.24) is 0 Å². The van der Waals surface area contributed by atoms with E-state index in [1.165, 1.54) is 38.1 Å². The Labute approximate surface area is 140 Å². The molecular weight excluding hydrogens is 291 g/mol. The summed E-state index contributed by atoms with van der Waals surface area (Å²) < 4.78 is 6.15. The van der Waals surface area contributed by atoms with Crippen LogP contribution in [0.4, 0.5) is 0 Å². The second-order valence-corrected chi connectivity index (χ2v) is 6.34. The Bertz CT molecular complexity index is 1200. The number of hydrogen-bond donors (Lipinski definition) is 0. The summed E-state index contributed by atoms with van der Waals surface area (Å²) in [6.07, 6.45) is 0. The first-order valence-electron chi connectivity index (χ1n) is 8.21. The molecule has 5 rings (SSSR count). The molecule has 1 heterocycles. The highest BCUT2D eigenvalue weighted by molar-refractivity contribution is 6.32. The van der Waals surface area contributed by atoms with Crippen molar-refractivity contribution in [3.63, 3.8) is 0 Å². The molecule has 0 fully saturated rings. The quantitative estimate of drug-likeness (QED) is 0.410. The summed E-state index contributed by atoms with van der Waals surface area (Å²) in [4.78, 5) is 0. The van der Waals surface area contributed by atoms with Crippen LogP contribution in [0.3, 0.4) is 0 Å². The van der Waals surface area contributed by atoms with Crippen LogP contribution >= 0.6 is 0 Å². The van der Waals surface area contributed by atoms with Gasteiger partial charge in [-0.2, -0.15) is 0 Å². The van der Waals surface area contributed by atoms with E-state index in [9.17, 15) is 0 Å². The lowest BCUT2D eigenvalue weighted by Gasteiger charge is -2.05. The van der Waals surface area contributed by atoms with Gasteiger partial charge in [-0.05, 0) is 40.1 Å². The molecule has 0 saturated heterocycles. The van der Waals surface area contributed by atoms with Crippen molar-refractivity contribution in [3.8, 4) is 11.1 Å². The molecule has 0 radical (unpaired) electrons. The number of benzene rings is 4. The Kier molecular flexibility index (Phi) is 2.80. The fourth-order valence-electron chi connectivity index (χ4n) is 3.49. The standard InChI is InChI=1S/C22H15BO/c23-17-10-8-14(9-11-17)18-6-3-7-20-22(18)19-12-15-4-1-2-5-16(15)13-21(19)24-20/h1-13H,23H2. The summed E-state index contributed by atoms with van der Waals surface area (Å²) >= 11 is 0. The van der Waals surface area contributed by atoms with Crippen LogP contribution in [0.5, 0.6) is 0 Å². The zero-order valence-corrected chi connectivity index (χ0v) is 13.4. The maximum atomic E-state index is 6.15. The summed E-state index contributed by atoms with van der Waals surface area (Å²) in [5.74, 6) is 0. The molecule has 1 aromatic heterocycles. The average molecular weight is 306 g/mol. The van der Waals surface area contributed by atoms with Gasteiger partial charge in [-0.3, -0.25) is 0 Å². The number of hydrogen-bond acceptors (Lipinski definition) is 1. The Balaban J connectivity index is 1.91. The molecule has 0 aliphatic rings. The van der Waals surface area contributed by atoms with Crippen LogP contribution < -0.4 is 5.46 Å². The molecule has 0 aliphatic heterocycles. The van der Waals surface area contributed by atoms with E-state index in [1.54, 1.807) is 0 Å². The maximum Gasteiger partial charge on any atom is 0.139 e. The molecule has 2 heteroatoms. The minimum Gasteiger partial charge on any atom is -0.456 e. The fourth-order valence-corrected chi connectivity index (χ4v) is 3.49. The first-order valence-corrected chi connectivity index (χ1v) is 8.21. The van der Waals surface area contributed by atoms with Crippen LogP contribution in [0, 0.1) is 0 Å². The van der Waals surface area contributed by atoms with Crippen molar-refractivity contribution in [2.75, 3.05) is 0 Å². The predicted molar refractivity (Wildman–Crippen MR) is 105 cm³/mol. The van der Waals surface area contributed by atoms with E-state index in [0.717, 1.165) is 11.2 Å². The minimum atomic E-state index is 0.943. The van der Waals surface area contributed by atoms with Crippen molar-refractivity contribution in [2.24, 2.45) is 0 Å². The van der Waals surface area contributed by atoms with Gasteiger partial charge >= 0.3 is 0 Å². The molecule has 0 spiro atoms. The zero-order chi connectivity index (χ0) is 16.1. The van der Waals surface area contributed by atoms with E-state index in [1.807, 2.05) is 0 Å². The molecule has 4 aromatic carbocycles. The Morgan fingerprint density at radius 3 is 2.21 bits per heavy atom. The largest absolute Gasteiger partial charge is 0.456 e. The van der Waals surface area contributed by atoms with E-state index in [4.69, 9.17) is 4.42 Å². The van der Waals surface area contributed by atoms with Crippen molar-refractivity contribution in [1.29, 1.82) is 0 Å². The van der Waals surface area contributed by atoms with Gasteiger partial charge in [0.15, 0.2) is 0 Å². The molecular formula is C22H15BO. The van der Waals surface area contributed by atoms with Crippen LogP contribution in [0.2, 0.25) is 0 Å². The third-order valence-electron chi connectivity index (χ3n) is 4.73. The van der Waals surface area contributed by atoms with Crippen LogP contribution in [0.1, 0.15) is 0 Å². The predicted octanol–water partition coefficient (Wildman–Crippen LogP) is 4.66. The lowest BCUT2D eigenvalue weighted by molar-refractivity contribution is 0.669. The van der Waals surface area contributed by atoms with Crippen molar-refractivity contribution in [2.45, 2.75) is 0 Å². The third-order valence-corrected chi connectivity index (χ3v) is 4.73. The molecule has 0 N–H and O–H groups in total. The summed E-state index contributed by atoms with van der Waals surface area (Å²) in [5, 5.41) is 4.83. The van der Waals surface area contributed by atoms with Crippen LogP contribution in [0.25, 0.3) is 43.8 Å². The molecule has 5 aromatic rings. The smallest absolute Gasteiger partial charge is 0.139 e. The molecule has 0 atom stereocenters. The molecule has 0 aliphatic carbocycles. The lowest BCUT2D eigenvalue weighted by Crippen LogP contribution is -1.99. The molecule has 0 bridgehead atoms. The van der Waals surface area contributed by atoms with Gasteiger partial charge in [-0.15, -0.1) is 0 Å². The van der Waals surface area contributed by atoms with E-state index in [2.05, 4.69) is 86.7 Å². The second kappa shape index (κ2) is 5.00. The van der Waals surface area contributed by atoms with Gasteiger partial charge in [-0.1, -0.05) is 66.1 Å². The minimum absolute atomic E-state index is 0.943. The maximum absolute atomic E-state index is 6.15. The fraction of sp³-hybridized carbons (Fsp3) is 0. The average Bonchev–Trinajstić information content (AvgIpc) is 2.98. The molecule has 0 amide bonds. The first kappa shape index (κ1) is 13.4. The summed E-state index contributed by atoms with van der Waals surface area (Å²) in [6.45, 7) is 0. The highest BCUT2D eigenvalue weighted by Crippen LogP contribution is 2.38. The topological polar surface area (TPSA) is 13.1 Å². The van der Waals surface area contributed by atoms with Crippen LogP contribution in [-0.4, -0.2) is 7.85 Å². The molecule has 112 valence electrons. The van der Waals surface area contributed by atoms with Crippen LogP contribution in [-0.2, 0) is 0 Å². The van der Waals surface area contributed by atoms with Gasteiger partial charge in [0.05, 0.1) is 0 Å². The van der Waals surface area contributed by atoms with Crippen LogP contribution in [0.15, 0.2) is 83.3 Å². The zero-order valence-electron chi connectivity index (χ0n) is 13.4. The Morgan fingerprint density at radius 1 is 0.667 bits per heavy atom. The number of furan rings is 1. The monoisotopic (exact) mass is 306 g/mol. The SMILES string of the molecule is Bc1ccc(-c2cccc3oc4cc5ccccc5cc4c23)cc1. The van der Waals surface area contributed by atoms with Crippen molar-refractivity contribution < 1.29 is 4.42 Å². The second-order valence-electron chi connectivity index (χ2n) is 6.34. The van der Waals surface area contributed by atoms with E-state index >= 15 is 0 Å². The van der Waals surface area contributed by atoms with E-state index in [0.29, 0.717) is 0 Å². The van der Waals surface area contributed by atoms with Gasteiger partial charge in [0.25, 0.3) is 0 Å². The third kappa shape index (κ3) is 1.96. The molecule has 0 unspecified atom stereocenters. The van der Waals surface area contributed by atoms with Gasteiger partial charge in [0.1, 0.15) is 19.0 Å². The highest BCUT2D eigenvalue weighted by Gasteiger charge is 2.13. The van der Waals surface area contributed by atoms with Gasteiger partial charge in [0, 0.05) is 10.8 Å². The molecule has 1 nitrogen and oxygen atoms in total. The lowest BCUT2D eigenvalue weighted by atomic mass is 9.92. The summed E-state index contributed by atoms with van der Waals surface area (Å²) in [5.41, 5.74) is 5.61.